The zero-order valence-electron chi connectivity index (χ0n) is 16.6. The molecule has 1 heterocycles. The van der Waals surface area contributed by atoms with Gasteiger partial charge in [0.05, 0.1) is 11.6 Å². The summed E-state index contributed by atoms with van der Waals surface area (Å²) < 4.78 is 0. The summed E-state index contributed by atoms with van der Waals surface area (Å²) in [5.41, 5.74) is 4.74. The average molecular weight is 374 g/mol. The topological polar surface area (TPSA) is 66.9 Å². The lowest BCUT2D eigenvalue weighted by molar-refractivity contribution is 0.102. The number of hydrogen-bond donors (Lipinski definition) is 2. The molecule has 1 aromatic heterocycles. The second-order valence-corrected chi connectivity index (χ2v) is 6.68. The van der Waals surface area contributed by atoms with Gasteiger partial charge in [-0.3, -0.25) is 4.79 Å². The van der Waals surface area contributed by atoms with Crippen LogP contribution in [-0.2, 0) is 12.8 Å². The van der Waals surface area contributed by atoms with Crippen molar-refractivity contribution in [2.75, 3.05) is 10.6 Å². The summed E-state index contributed by atoms with van der Waals surface area (Å²) in [5.74, 6) is 0.300. The molecule has 5 nitrogen and oxygen atoms in total. The van der Waals surface area contributed by atoms with Gasteiger partial charge in [-0.1, -0.05) is 62.4 Å². The Kier molecular flexibility index (Phi) is 6.37. The minimum absolute atomic E-state index is 0.0735. The lowest BCUT2D eigenvalue weighted by Gasteiger charge is -2.15. The molecule has 2 aromatic carbocycles. The van der Waals surface area contributed by atoms with Gasteiger partial charge in [-0.05, 0) is 36.5 Å². The molecule has 0 spiro atoms. The fourth-order valence-corrected chi connectivity index (χ4v) is 3.13. The van der Waals surface area contributed by atoms with E-state index in [-0.39, 0.29) is 11.9 Å². The Labute approximate surface area is 166 Å². The number of amides is 1. The van der Waals surface area contributed by atoms with Crippen LogP contribution in [-0.4, -0.2) is 15.9 Å². The van der Waals surface area contributed by atoms with Crippen LogP contribution in [0.15, 0.2) is 60.9 Å². The second-order valence-electron chi connectivity index (χ2n) is 6.68. The maximum absolute atomic E-state index is 12.7. The van der Waals surface area contributed by atoms with Crippen molar-refractivity contribution in [1.29, 1.82) is 0 Å². The summed E-state index contributed by atoms with van der Waals surface area (Å²) in [6.07, 6.45) is 4.84. The summed E-state index contributed by atoms with van der Waals surface area (Å²) >= 11 is 0. The summed E-state index contributed by atoms with van der Waals surface area (Å²) in [4.78, 5) is 21.3. The van der Waals surface area contributed by atoms with Gasteiger partial charge in [0.15, 0.2) is 0 Å². The van der Waals surface area contributed by atoms with Crippen molar-refractivity contribution in [2.24, 2.45) is 0 Å². The summed E-state index contributed by atoms with van der Waals surface area (Å²) in [5, 5.41) is 6.30. The van der Waals surface area contributed by atoms with Gasteiger partial charge >= 0.3 is 0 Å². The minimum atomic E-state index is -0.196. The van der Waals surface area contributed by atoms with Crippen molar-refractivity contribution in [1.82, 2.24) is 9.97 Å². The first-order valence-electron chi connectivity index (χ1n) is 9.68. The number of carbonyl (C=O) groups is 1. The van der Waals surface area contributed by atoms with Crippen LogP contribution in [0.25, 0.3) is 0 Å². The van der Waals surface area contributed by atoms with Crippen LogP contribution in [0, 0.1) is 0 Å². The van der Waals surface area contributed by atoms with E-state index in [1.54, 1.807) is 12.4 Å². The number of carbonyl (C=O) groups excluding carboxylic acids is 1. The molecule has 144 valence electrons. The van der Waals surface area contributed by atoms with Crippen LogP contribution < -0.4 is 10.6 Å². The van der Waals surface area contributed by atoms with E-state index < -0.39 is 0 Å². The highest BCUT2D eigenvalue weighted by atomic mass is 16.1. The Bertz CT molecular complexity index is 901. The zero-order valence-corrected chi connectivity index (χ0v) is 16.6. The van der Waals surface area contributed by atoms with Gasteiger partial charge in [0.1, 0.15) is 0 Å². The maximum atomic E-state index is 12.7. The first-order chi connectivity index (χ1) is 13.6. The van der Waals surface area contributed by atoms with E-state index in [1.165, 1.54) is 0 Å². The Morgan fingerprint density at radius 2 is 1.54 bits per heavy atom. The number of nitrogens with zero attached hydrogens (tertiary/aromatic N) is 2. The minimum Gasteiger partial charge on any atom is -0.348 e. The molecule has 28 heavy (non-hydrogen) atoms. The number of aryl methyl sites for hydroxylation is 2. The molecule has 3 aromatic rings. The Morgan fingerprint density at radius 1 is 0.929 bits per heavy atom. The van der Waals surface area contributed by atoms with Crippen molar-refractivity contribution in [2.45, 2.75) is 39.7 Å². The third kappa shape index (κ3) is 4.55. The van der Waals surface area contributed by atoms with Crippen molar-refractivity contribution in [3.63, 3.8) is 0 Å². The number of aromatic nitrogens is 2. The van der Waals surface area contributed by atoms with Crippen molar-refractivity contribution in [3.05, 3.63) is 83.2 Å². The van der Waals surface area contributed by atoms with Gasteiger partial charge in [0.25, 0.3) is 5.91 Å². The van der Waals surface area contributed by atoms with E-state index in [1.807, 2.05) is 43.3 Å². The largest absolute Gasteiger partial charge is 0.348 e. The number of benzene rings is 2. The average Bonchev–Trinajstić information content (AvgIpc) is 2.75. The van der Waals surface area contributed by atoms with Gasteiger partial charge in [-0.2, -0.15) is 0 Å². The third-order valence-corrected chi connectivity index (χ3v) is 4.80. The first kappa shape index (κ1) is 19.5. The van der Waals surface area contributed by atoms with E-state index >= 15 is 0 Å². The van der Waals surface area contributed by atoms with E-state index in [4.69, 9.17) is 0 Å². The molecule has 0 saturated heterocycles. The molecular weight excluding hydrogens is 348 g/mol. The van der Waals surface area contributed by atoms with Crippen LogP contribution in [0.1, 0.15) is 53.9 Å². The predicted molar refractivity (Wildman–Crippen MR) is 114 cm³/mol. The van der Waals surface area contributed by atoms with E-state index in [0.29, 0.717) is 11.5 Å². The fraction of sp³-hybridized carbons (Fsp3) is 0.261. The summed E-state index contributed by atoms with van der Waals surface area (Å²) in [7, 11) is 0. The van der Waals surface area contributed by atoms with Crippen molar-refractivity contribution >= 4 is 17.5 Å². The van der Waals surface area contributed by atoms with Gasteiger partial charge in [-0.25, -0.2) is 9.97 Å². The van der Waals surface area contributed by atoms with Crippen molar-refractivity contribution in [3.8, 4) is 0 Å². The fourth-order valence-electron chi connectivity index (χ4n) is 3.13. The maximum Gasteiger partial charge on any atom is 0.258 e. The van der Waals surface area contributed by atoms with Gasteiger partial charge in [0, 0.05) is 18.1 Å². The smallest absolute Gasteiger partial charge is 0.258 e. The van der Waals surface area contributed by atoms with Crippen LogP contribution in [0.4, 0.5) is 11.6 Å². The molecule has 0 aliphatic rings. The summed E-state index contributed by atoms with van der Waals surface area (Å²) in [6, 6.07) is 16.3. The summed E-state index contributed by atoms with van der Waals surface area (Å²) in [6.45, 7) is 6.22. The Morgan fingerprint density at radius 3 is 2.11 bits per heavy atom. The number of anilines is 2. The predicted octanol–water partition coefficient (Wildman–Crippen LogP) is 5.03. The lowest BCUT2D eigenvalue weighted by atomic mass is 10.0. The van der Waals surface area contributed by atoms with Gasteiger partial charge < -0.3 is 10.6 Å². The van der Waals surface area contributed by atoms with Gasteiger partial charge in [0.2, 0.25) is 5.95 Å². The van der Waals surface area contributed by atoms with Crippen LogP contribution in [0.2, 0.25) is 0 Å². The highest BCUT2D eigenvalue weighted by Gasteiger charge is 2.13. The van der Waals surface area contributed by atoms with Crippen LogP contribution in [0.3, 0.4) is 0 Å². The molecule has 0 saturated carbocycles. The molecule has 1 unspecified atom stereocenters. The van der Waals surface area contributed by atoms with Gasteiger partial charge in [-0.15, -0.1) is 0 Å². The number of rotatable bonds is 7. The first-order valence-corrected chi connectivity index (χ1v) is 9.68. The quantitative estimate of drug-likeness (QED) is 0.609. The second kappa shape index (κ2) is 9.13. The number of para-hydroxylation sites is 1. The molecule has 3 rings (SSSR count). The standard InChI is InChI=1S/C23H26N4O/c1-4-17-12-9-13-18(5-2)21(17)27-22(28)20-14-24-23(25-15-20)26-16(3)19-10-7-6-8-11-19/h6-16H,4-5H2,1-3H3,(H,27,28)(H,24,25,26). The monoisotopic (exact) mass is 374 g/mol. The molecule has 0 radical (unpaired) electrons. The molecule has 1 atom stereocenters. The van der Waals surface area contributed by atoms with Crippen LogP contribution in [0.5, 0.6) is 0 Å². The molecule has 5 heteroatoms. The Balaban J connectivity index is 1.71. The molecule has 0 fully saturated rings. The third-order valence-electron chi connectivity index (χ3n) is 4.80. The van der Waals surface area contributed by atoms with Crippen molar-refractivity contribution < 1.29 is 4.79 Å². The highest BCUT2D eigenvalue weighted by molar-refractivity contribution is 6.04. The van der Waals surface area contributed by atoms with E-state index in [9.17, 15) is 4.79 Å². The van der Waals surface area contributed by atoms with E-state index in [2.05, 4.69) is 46.6 Å². The molecular formula is C23H26N4O. The Hall–Kier alpha value is -3.21. The molecule has 1 amide bonds. The molecule has 2 N–H and O–H groups in total. The molecule has 0 aliphatic heterocycles. The molecule has 0 bridgehead atoms. The van der Waals surface area contributed by atoms with E-state index in [0.717, 1.165) is 35.2 Å². The number of hydrogen-bond acceptors (Lipinski definition) is 4. The zero-order chi connectivity index (χ0) is 19.9. The van der Waals surface area contributed by atoms with Crippen LogP contribution >= 0.6 is 0 Å². The highest BCUT2D eigenvalue weighted by Crippen LogP contribution is 2.23. The SMILES string of the molecule is CCc1cccc(CC)c1NC(=O)c1cnc(NC(C)c2ccccc2)nc1. The number of nitrogens with one attached hydrogen (secondary N) is 2. The normalized spacial score (nSPS) is 11.7. The molecule has 0 aliphatic carbocycles. The lowest BCUT2D eigenvalue weighted by Crippen LogP contribution is -2.16.